The summed E-state index contributed by atoms with van der Waals surface area (Å²) in [6, 6.07) is 8.00. The van der Waals surface area contributed by atoms with E-state index in [9.17, 15) is 0 Å². The summed E-state index contributed by atoms with van der Waals surface area (Å²) in [5.41, 5.74) is 1.19. The van der Waals surface area contributed by atoms with Crippen molar-refractivity contribution in [1.82, 2.24) is 5.32 Å². The maximum atomic E-state index is 8.39. The summed E-state index contributed by atoms with van der Waals surface area (Å²) in [6.07, 6.45) is 1.46. The largest absolute Gasteiger partial charge is 0.493 e. The lowest BCUT2D eigenvalue weighted by atomic mass is 10.1. The number of hydrogen-bond acceptors (Lipinski definition) is 4. The van der Waals surface area contributed by atoms with Crippen molar-refractivity contribution < 1.29 is 9.47 Å². The first-order chi connectivity index (χ1) is 8.31. The Morgan fingerprint density at radius 2 is 1.94 bits per heavy atom. The summed E-state index contributed by atoms with van der Waals surface area (Å²) in [7, 11) is 3.26. The molecule has 0 aliphatic rings. The lowest BCUT2D eigenvalue weighted by Gasteiger charge is -2.09. The minimum absolute atomic E-state index is 0.548. The van der Waals surface area contributed by atoms with Gasteiger partial charge in [0, 0.05) is 13.0 Å². The highest BCUT2D eigenvalue weighted by Gasteiger charge is 2.03. The van der Waals surface area contributed by atoms with Crippen LogP contribution in [0.2, 0.25) is 0 Å². The molecule has 0 fully saturated rings. The summed E-state index contributed by atoms with van der Waals surface area (Å²) in [5.74, 6) is 1.50. The first kappa shape index (κ1) is 13.3. The first-order valence-electron chi connectivity index (χ1n) is 5.60. The van der Waals surface area contributed by atoms with Crippen molar-refractivity contribution in [3.05, 3.63) is 23.8 Å². The van der Waals surface area contributed by atoms with Crippen LogP contribution in [0.3, 0.4) is 0 Å². The highest BCUT2D eigenvalue weighted by atomic mass is 16.5. The Morgan fingerprint density at radius 3 is 2.59 bits per heavy atom. The quantitative estimate of drug-likeness (QED) is 0.730. The molecule has 0 saturated carbocycles. The van der Waals surface area contributed by atoms with E-state index in [1.165, 1.54) is 5.56 Å². The van der Waals surface area contributed by atoms with E-state index in [-0.39, 0.29) is 0 Å². The number of nitriles is 1. The molecule has 0 amide bonds. The van der Waals surface area contributed by atoms with Gasteiger partial charge in [0.15, 0.2) is 11.5 Å². The third-order valence-corrected chi connectivity index (χ3v) is 2.45. The SMILES string of the molecule is COc1ccc(CCNCCC#N)cc1OC. The molecule has 0 atom stereocenters. The summed E-state index contributed by atoms with van der Waals surface area (Å²) in [6.45, 7) is 1.60. The molecule has 0 bridgehead atoms. The lowest BCUT2D eigenvalue weighted by Crippen LogP contribution is -2.18. The van der Waals surface area contributed by atoms with Crippen molar-refractivity contribution in [3.8, 4) is 17.6 Å². The van der Waals surface area contributed by atoms with Crippen molar-refractivity contribution >= 4 is 0 Å². The van der Waals surface area contributed by atoms with Crippen LogP contribution in [-0.4, -0.2) is 27.3 Å². The Hall–Kier alpha value is -1.73. The molecule has 1 aromatic rings. The van der Waals surface area contributed by atoms with E-state index in [1.807, 2.05) is 18.2 Å². The standard InChI is InChI=1S/C13H18N2O2/c1-16-12-5-4-11(10-13(12)17-2)6-9-15-8-3-7-14/h4-5,10,15H,3,6,8-9H2,1-2H3. The van der Waals surface area contributed by atoms with E-state index in [0.29, 0.717) is 6.42 Å². The van der Waals surface area contributed by atoms with E-state index >= 15 is 0 Å². The number of hydrogen-bond donors (Lipinski definition) is 1. The van der Waals surface area contributed by atoms with E-state index in [1.54, 1.807) is 14.2 Å². The highest BCUT2D eigenvalue weighted by Crippen LogP contribution is 2.27. The molecule has 0 saturated heterocycles. The van der Waals surface area contributed by atoms with Crippen molar-refractivity contribution in [2.45, 2.75) is 12.8 Å². The van der Waals surface area contributed by atoms with Gasteiger partial charge in [-0.15, -0.1) is 0 Å². The molecule has 1 rings (SSSR count). The van der Waals surface area contributed by atoms with Crippen LogP contribution >= 0.6 is 0 Å². The number of ether oxygens (including phenoxy) is 2. The predicted octanol–water partition coefficient (Wildman–Crippen LogP) is 1.75. The molecule has 0 spiro atoms. The van der Waals surface area contributed by atoms with Crippen molar-refractivity contribution in [2.75, 3.05) is 27.3 Å². The number of nitrogens with one attached hydrogen (secondary N) is 1. The fourth-order valence-electron chi connectivity index (χ4n) is 1.54. The molecule has 17 heavy (non-hydrogen) atoms. The average Bonchev–Trinajstić information content (AvgIpc) is 2.38. The summed E-state index contributed by atoms with van der Waals surface area (Å²) < 4.78 is 10.4. The third-order valence-electron chi connectivity index (χ3n) is 2.45. The normalized spacial score (nSPS) is 9.71. The average molecular weight is 234 g/mol. The maximum Gasteiger partial charge on any atom is 0.160 e. The van der Waals surface area contributed by atoms with Gasteiger partial charge in [0.05, 0.1) is 20.3 Å². The van der Waals surface area contributed by atoms with E-state index in [2.05, 4.69) is 11.4 Å². The summed E-state index contributed by atoms with van der Waals surface area (Å²) in [5, 5.41) is 11.6. The van der Waals surface area contributed by atoms with Crippen LogP contribution in [0.5, 0.6) is 11.5 Å². The van der Waals surface area contributed by atoms with Gasteiger partial charge in [-0.25, -0.2) is 0 Å². The van der Waals surface area contributed by atoms with Gasteiger partial charge in [-0.2, -0.15) is 5.26 Å². The molecule has 0 aliphatic carbocycles. The van der Waals surface area contributed by atoms with Crippen molar-refractivity contribution in [1.29, 1.82) is 5.26 Å². The minimum Gasteiger partial charge on any atom is -0.493 e. The summed E-state index contributed by atoms with van der Waals surface area (Å²) in [4.78, 5) is 0. The molecule has 0 radical (unpaired) electrons. The highest BCUT2D eigenvalue weighted by molar-refractivity contribution is 5.42. The van der Waals surface area contributed by atoms with Gasteiger partial charge in [-0.3, -0.25) is 0 Å². The van der Waals surface area contributed by atoms with Crippen LogP contribution in [-0.2, 0) is 6.42 Å². The zero-order valence-electron chi connectivity index (χ0n) is 10.3. The lowest BCUT2D eigenvalue weighted by molar-refractivity contribution is 0.354. The van der Waals surface area contributed by atoms with Crippen LogP contribution in [0, 0.1) is 11.3 Å². The van der Waals surface area contributed by atoms with Gasteiger partial charge in [0.25, 0.3) is 0 Å². The van der Waals surface area contributed by atoms with Crippen molar-refractivity contribution in [2.24, 2.45) is 0 Å². The molecule has 92 valence electrons. The molecule has 0 aromatic heterocycles. The van der Waals surface area contributed by atoms with Crippen LogP contribution < -0.4 is 14.8 Å². The smallest absolute Gasteiger partial charge is 0.160 e. The Labute approximate surface area is 102 Å². The van der Waals surface area contributed by atoms with Crippen molar-refractivity contribution in [3.63, 3.8) is 0 Å². The molecular formula is C13H18N2O2. The molecule has 0 aliphatic heterocycles. The zero-order valence-corrected chi connectivity index (χ0v) is 10.3. The van der Waals surface area contributed by atoms with E-state index in [0.717, 1.165) is 31.0 Å². The fraction of sp³-hybridized carbons (Fsp3) is 0.462. The summed E-state index contributed by atoms with van der Waals surface area (Å²) >= 11 is 0. The van der Waals surface area contributed by atoms with Gasteiger partial charge in [0.1, 0.15) is 0 Å². The Bertz CT molecular complexity index is 385. The first-order valence-corrected chi connectivity index (χ1v) is 5.60. The Morgan fingerprint density at radius 1 is 1.18 bits per heavy atom. The second-order valence-electron chi connectivity index (χ2n) is 3.60. The molecule has 1 N–H and O–H groups in total. The van der Waals surface area contributed by atoms with E-state index in [4.69, 9.17) is 14.7 Å². The number of methoxy groups -OCH3 is 2. The van der Waals surface area contributed by atoms with Gasteiger partial charge in [-0.1, -0.05) is 6.07 Å². The Balaban J connectivity index is 2.46. The van der Waals surface area contributed by atoms with Crippen LogP contribution in [0.4, 0.5) is 0 Å². The van der Waals surface area contributed by atoms with Gasteiger partial charge in [-0.05, 0) is 30.7 Å². The van der Waals surface area contributed by atoms with Gasteiger partial charge in [0.2, 0.25) is 0 Å². The molecule has 0 heterocycles. The monoisotopic (exact) mass is 234 g/mol. The zero-order chi connectivity index (χ0) is 12.5. The maximum absolute atomic E-state index is 8.39. The van der Waals surface area contributed by atoms with Crippen LogP contribution in [0.1, 0.15) is 12.0 Å². The molecular weight excluding hydrogens is 216 g/mol. The second-order valence-corrected chi connectivity index (χ2v) is 3.60. The number of rotatable bonds is 7. The van der Waals surface area contributed by atoms with E-state index < -0.39 is 0 Å². The topological polar surface area (TPSA) is 54.3 Å². The molecule has 4 nitrogen and oxygen atoms in total. The van der Waals surface area contributed by atoms with Gasteiger partial charge >= 0.3 is 0 Å². The van der Waals surface area contributed by atoms with Gasteiger partial charge < -0.3 is 14.8 Å². The fourth-order valence-corrected chi connectivity index (χ4v) is 1.54. The van der Waals surface area contributed by atoms with Crippen LogP contribution in [0.25, 0.3) is 0 Å². The minimum atomic E-state index is 0.548. The number of nitrogens with zero attached hydrogens (tertiary/aromatic N) is 1. The molecule has 0 unspecified atom stereocenters. The number of benzene rings is 1. The Kier molecular flexibility index (Phi) is 5.91. The third kappa shape index (κ3) is 4.33. The molecule has 4 heteroatoms. The van der Waals surface area contributed by atoms with Crippen LogP contribution in [0.15, 0.2) is 18.2 Å². The second kappa shape index (κ2) is 7.53. The predicted molar refractivity (Wildman–Crippen MR) is 66.3 cm³/mol. The molecule has 1 aromatic carbocycles.